The van der Waals surface area contributed by atoms with Gasteiger partial charge in [-0.15, -0.1) is 0 Å². The number of halogens is 3. The zero-order valence-corrected chi connectivity index (χ0v) is 21.9. The summed E-state index contributed by atoms with van der Waals surface area (Å²) in [7, 11) is 0. The molecule has 3 rings (SSSR count). The molecule has 1 aliphatic rings. The summed E-state index contributed by atoms with van der Waals surface area (Å²) < 4.78 is 43.1. The lowest BCUT2D eigenvalue weighted by Crippen LogP contribution is -2.27. The predicted octanol–water partition coefficient (Wildman–Crippen LogP) is 5.74. The van der Waals surface area contributed by atoms with Gasteiger partial charge in [-0.1, -0.05) is 36.4 Å². The molecule has 0 radical (unpaired) electrons. The van der Waals surface area contributed by atoms with Gasteiger partial charge in [0.15, 0.2) is 0 Å². The van der Waals surface area contributed by atoms with Crippen molar-refractivity contribution in [3.63, 3.8) is 0 Å². The van der Waals surface area contributed by atoms with Crippen LogP contribution in [0.1, 0.15) is 44.2 Å². The number of aliphatic carboxylic acids is 1. The predicted molar refractivity (Wildman–Crippen MR) is 141 cm³/mol. The number of alkyl halides is 3. The van der Waals surface area contributed by atoms with Crippen LogP contribution in [0, 0.1) is 5.92 Å². The van der Waals surface area contributed by atoms with E-state index in [0.29, 0.717) is 22.5 Å². The molecule has 0 aliphatic carbocycles. The molecule has 0 aromatic heterocycles. The maximum absolute atomic E-state index is 12.6. The lowest BCUT2D eigenvalue weighted by atomic mass is 9.88. The molecule has 1 fully saturated rings. The van der Waals surface area contributed by atoms with Gasteiger partial charge in [0, 0.05) is 31.6 Å². The number of carboxylic acid groups (broad SMARTS) is 1. The number of carbonyl (C=O) groups is 3. The summed E-state index contributed by atoms with van der Waals surface area (Å²) in [4.78, 5) is 37.9. The fourth-order valence-electron chi connectivity index (χ4n) is 4.26. The Morgan fingerprint density at radius 2 is 1.62 bits per heavy atom. The lowest BCUT2D eigenvalue weighted by Gasteiger charge is -2.20. The fraction of sp³-hybridized carbons (Fsp3) is 0.393. The molecule has 2 unspecified atom stereocenters. The molecule has 2 amide bonds. The normalized spacial score (nSPS) is 18.2. The first-order valence-corrected chi connectivity index (χ1v) is 12.4. The van der Waals surface area contributed by atoms with Gasteiger partial charge in [0.2, 0.25) is 5.91 Å². The number of rotatable bonds is 8. The molecular weight excluding hydrogens is 515 g/mol. The Morgan fingerprint density at radius 3 is 2.18 bits per heavy atom. The Balaban J connectivity index is 1.62. The first-order chi connectivity index (χ1) is 18.2. The largest absolute Gasteiger partial charge is 0.481 e. The number of hydrogen-bond acceptors (Lipinski definition) is 5. The van der Waals surface area contributed by atoms with Crippen molar-refractivity contribution in [3.05, 3.63) is 65.7 Å². The van der Waals surface area contributed by atoms with Gasteiger partial charge in [-0.05, 0) is 50.1 Å². The number of para-hydroxylation sites is 2. The molecule has 3 N–H and O–H groups in total. The topological polar surface area (TPSA) is 108 Å². The molecule has 11 heteroatoms. The van der Waals surface area contributed by atoms with Gasteiger partial charge in [0.25, 0.3) is 0 Å². The van der Waals surface area contributed by atoms with Crippen LogP contribution >= 0.6 is 0 Å². The van der Waals surface area contributed by atoms with E-state index < -0.39 is 48.0 Å². The van der Waals surface area contributed by atoms with Crippen molar-refractivity contribution < 1.29 is 37.4 Å². The number of hydrogen-bond donors (Lipinski definition) is 3. The molecule has 2 aromatic carbocycles. The number of nitrogens with zero attached hydrogens (tertiary/aromatic N) is 1. The van der Waals surface area contributed by atoms with E-state index in [1.54, 1.807) is 75.4 Å². The van der Waals surface area contributed by atoms with Crippen LogP contribution in [0.5, 0.6) is 0 Å². The second kappa shape index (κ2) is 12.3. The second-order valence-electron chi connectivity index (χ2n) is 10.3. The SMILES string of the molecule is CC(C)(C)OC(=O)Nc1ccccc1NC(=O)/C=C/c1ccc(C2CN(CCC(F)(F)F)CC2C(=O)O)cc1. The Kier molecular flexibility index (Phi) is 9.39. The van der Waals surface area contributed by atoms with E-state index in [9.17, 15) is 32.7 Å². The minimum absolute atomic E-state index is 0.0577. The molecule has 39 heavy (non-hydrogen) atoms. The van der Waals surface area contributed by atoms with E-state index in [0.717, 1.165) is 0 Å². The highest BCUT2D eigenvalue weighted by molar-refractivity contribution is 6.05. The first kappa shape index (κ1) is 29.7. The summed E-state index contributed by atoms with van der Waals surface area (Å²) in [5.74, 6) is -2.73. The summed E-state index contributed by atoms with van der Waals surface area (Å²) in [5, 5.41) is 14.9. The second-order valence-corrected chi connectivity index (χ2v) is 10.3. The molecule has 1 saturated heterocycles. The van der Waals surface area contributed by atoms with E-state index >= 15 is 0 Å². The van der Waals surface area contributed by atoms with Crippen LogP contribution < -0.4 is 10.6 Å². The van der Waals surface area contributed by atoms with E-state index in [1.165, 1.54) is 11.0 Å². The van der Waals surface area contributed by atoms with Gasteiger partial charge < -0.3 is 20.1 Å². The monoisotopic (exact) mass is 547 g/mol. The molecule has 1 aliphatic heterocycles. The van der Waals surface area contributed by atoms with Crippen molar-refractivity contribution in [1.82, 2.24) is 4.90 Å². The molecule has 0 spiro atoms. The Bertz CT molecular complexity index is 1210. The van der Waals surface area contributed by atoms with Gasteiger partial charge in [0.1, 0.15) is 5.60 Å². The van der Waals surface area contributed by atoms with Crippen LogP contribution in [0.3, 0.4) is 0 Å². The van der Waals surface area contributed by atoms with Crippen LogP contribution in [-0.4, -0.2) is 59.4 Å². The molecule has 2 aromatic rings. The highest BCUT2D eigenvalue weighted by Crippen LogP contribution is 2.34. The average molecular weight is 548 g/mol. The molecular formula is C28H32F3N3O5. The number of likely N-dealkylation sites (tertiary alicyclic amines) is 1. The van der Waals surface area contributed by atoms with Crippen molar-refractivity contribution in [2.24, 2.45) is 5.92 Å². The summed E-state index contributed by atoms with van der Waals surface area (Å²) in [5.41, 5.74) is 1.45. The Labute approximate surface area is 224 Å². The standard InChI is InChI=1S/C28H32F3N3O5/c1-27(2,3)39-26(38)33-23-7-5-4-6-22(23)32-24(35)13-10-18-8-11-19(12-9-18)20-16-34(15-14-28(29,30)31)17-21(20)25(36)37/h4-13,20-21H,14-17H2,1-3H3,(H,32,35)(H,33,38)(H,36,37)/b13-10+. The number of benzene rings is 2. The van der Waals surface area contributed by atoms with Gasteiger partial charge in [0.05, 0.1) is 23.7 Å². The number of carboxylic acids is 1. The number of nitrogens with one attached hydrogen (secondary N) is 2. The zero-order valence-electron chi connectivity index (χ0n) is 21.9. The summed E-state index contributed by atoms with van der Waals surface area (Å²) in [6.07, 6.45) is -3.06. The maximum Gasteiger partial charge on any atom is 0.412 e. The molecule has 2 atom stereocenters. The fourth-order valence-corrected chi connectivity index (χ4v) is 4.26. The van der Waals surface area contributed by atoms with Gasteiger partial charge >= 0.3 is 18.2 Å². The van der Waals surface area contributed by atoms with E-state index in [4.69, 9.17) is 4.74 Å². The van der Waals surface area contributed by atoms with Crippen molar-refractivity contribution in [2.75, 3.05) is 30.3 Å². The molecule has 8 nitrogen and oxygen atoms in total. The maximum atomic E-state index is 12.6. The number of carbonyl (C=O) groups excluding carboxylic acids is 2. The highest BCUT2D eigenvalue weighted by Gasteiger charge is 2.39. The van der Waals surface area contributed by atoms with E-state index in [-0.39, 0.29) is 19.6 Å². The quantitative estimate of drug-likeness (QED) is 0.364. The smallest absolute Gasteiger partial charge is 0.412 e. The third-order valence-corrected chi connectivity index (χ3v) is 6.04. The van der Waals surface area contributed by atoms with Crippen LogP contribution in [0.4, 0.5) is 29.3 Å². The minimum Gasteiger partial charge on any atom is -0.481 e. The summed E-state index contributed by atoms with van der Waals surface area (Å²) in [6.45, 7) is 5.26. The van der Waals surface area contributed by atoms with E-state index in [2.05, 4.69) is 10.6 Å². The number of anilines is 2. The summed E-state index contributed by atoms with van der Waals surface area (Å²) in [6, 6.07) is 13.6. The van der Waals surface area contributed by atoms with Gasteiger partial charge in [-0.3, -0.25) is 14.9 Å². The van der Waals surface area contributed by atoms with Gasteiger partial charge in [-0.2, -0.15) is 13.2 Å². The molecule has 210 valence electrons. The Hall–Kier alpha value is -3.86. The van der Waals surface area contributed by atoms with Crippen molar-refractivity contribution in [1.29, 1.82) is 0 Å². The lowest BCUT2D eigenvalue weighted by molar-refractivity contribution is -0.142. The van der Waals surface area contributed by atoms with Crippen LogP contribution in [-0.2, 0) is 14.3 Å². The number of amides is 2. The van der Waals surface area contributed by atoms with E-state index in [1.807, 2.05) is 0 Å². The Morgan fingerprint density at radius 1 is 1.00 bits per heavy atom. The number of ether oxygens (including phenoxy) is 1. The molecule has 1 heterocycles. The molecule has 0 bridgehead atoms. The third-order valence-electron chi connectivity index (χ3n) is 6.04. The van der Waals surface area contributed by atoms with Crippen LogP contribution in [0.2, 0.25) is 0 Å². The molecule has 0 saturated carbocycles. The van der Waals surface area contributed by atoms with Gasteiger partial charge in [-0.25, -0.2) is 4.79 Å². The highest BCUT2D eigenvalue weighted by atomic mass is 19.4. The summed E-state index contributed by atoms with van der Waals surface area (Å²) >= 11 is 0. The van der Waals surface area contributed by atoms with Crippen molar-refractivity contribution in [3.8, 4) is 0 Å². The zero-order chi connectivity index (χ0) is 28.8. The van der Waals surface area contributed by atoms with Crippen LogP contribution in [0.15, 0.2) is 54.6 Å². The van der Waals surface area contributed by atoms with Crippen LogP contribution in [0.25, 0.3) is 6.08 Å². The average Bonchev–Trinajstić information content (AvgIpc) is 3.26. The minimum atomic E-state index is -4.30. The first-order valence-electron chi connectivity index (χ1n) is 12.4. The van der Waals surface area contributed by atoms with Crippen molar-refractivity contribution >= 4 is 35.4 Å². The third kappa shape index (κ3) is 9.43. The van der Waals surface area contributed by atoms with Crippen molar-refractivity contribution in [2.45, 2.75) is 44.9 Å².